The minimum absolute atomic E-state index is 0.0103. The van der Waals surface area contributed by atoms with Crippen molar-refractivity contribution in [2.75, 3.05) is 0 Å². The monoisotopic (exact) mass is 395 g/mol. The maximum atomic E-state index is 13.0. The van der Waals surface area contributed by atoms with Gasteiger partial charge in [-0.15, -0.1) is 0 Å². The molecule has 29 heavy (non-hydrogen) atoms. The number of carbonyl (C=O) groups excluding carboxylic acids is 1. The van der Waals surface area contributed by atoms with Gasteiger partial charge in [-0.1, -0.05) is 30.3 Å². The maximum absolute atomic E-state index is 13.0. The Morgan fingerprint density at radius 2 is 1.90 bits per heavy atom. The van der Waals surface area contributed by atoms with Crippen molar-refractivity contribution in [2.24, 2.45) is 0 Å². The highest BCUT2D eigenvalue weighted by Crippen LogP contribution is 2.33. The number of carboxylic acid groups (broad SMARTS) is 1. The van der Waals surface area contributed by atoms with Crippen LogP contribution in [0.4, 0.5) is 4.39 Å². The molecule has 2 atom stereocenters. The summed E-state index contributed by atoms with van der Waals surface area (Å²) in [6.45, 7) is 0.303. The molecule has 7 heteroatoms. The lowest BCUT2D eigenvalue weighted by Crippen LogP contribution is -2.49. The van der Waals surface area contributed by atoms with Crippen LogP contribution in [0.1, 0.15) is 35.7 Å². The average molecular weight is 395 g/mol. The van der Waals surface area contributed by atoms with Crippen molar-refractivity contribution in [2.45, 2.75) is 37.9 Å². The number of para-hydroxylation sites is 1. The summed E-state index contributed by atoms with van der Waals surface area (Å²) in [5, 5.41) is 16.3. The Morgan fingerprint density at radius 3 is 2.66 bits per heavy atom. The molecule has 4 N–H and O–H groups in total. The summed E-state index contributed by atoms with van der Waals surface area (Å²) >= 11 is 0. The van der Waals surface area contributed by atoms with E-state index in [1.54, 1.807) is 12.1 Å². The van der Waals surface area contributed by atoms with Gasteiger partial charge in [0.2, 0.25) is 5.91 Å². The number of carboxylic acids is 1. The maximum Gasteiger partial charge on any atom is 0.303 e. The molecule has 0 unspecified atom stereocenters. The predicted molar refractivity (Wildman–Crippen MR) is 107 cm³/mol. The molecular formula is C22H22FN3O3. The summed E-state index contributed by atoms with van der Waals surface area (Å²) in [4.78, 5) is 27.3. The number of nitrogens with one attached hydrogen (secondary N) is 3. The Morgan fingerprint density at radius 1 is 1.14 bits per heavy atom. The van der Waals surface area contributed by atoms with E-state index in [1.807, 2.05) is 24.3 Å². The van der Waals surface area contributed by atoms with Crippen LogP contribution in [0.5, 0.6) is 0 Å². The van der Waals surface area contributed by atoms with E-state index in [1.165, 1.54) is 12.1 Å². The molecule has 1 amide bonds. The van der Waals surface area contributed by atoms with E-state index in [2.05, 4.69) is 15.6 Å². The first kappa shape index (κ1) is 19.1. The van der Waals surface area contributed by atoms with Crippen LogP contribution in [-0.2, 0) is 22.6 Å². The van der Waals surface area contributed by atoms with Crippen molar-refractivity contribution in [3.8, 4) is 0 Å². The second kappa shape index (κ2) is 8.05. The third-order valence-electron chi connectivity index (χ3n) is 5.35. The number of rotatable bonds is 6. The highest BCUT2D eigenvalue weighted by Gasteiger charge is 2.33. The zero-order chi connectivity index (χ0) is 20.4. The summed E-state index contributed by atoms with van der Waals surface area (Å²) < 4.78 is 13.0. The van der Waals surface area contributed by atoms with E-state index in [4.69, 9.17) is 5.11 Å². The molecule has 1 aromatic heterocycles. The van der Waals surface area contributed by atoms with Gasteiger partial charge in [0, 0.05) is 35.6 Å². The molecule has 2 heterocycles. The molecule has 1 aliphatic heterocycles. The molecule has 2 aromatic carbocycles. The lowest BCUT2D eigenvalue weighted by Gasteiger charge is -2.30. The molecule has 0 radical (unpaired) electrons. The number of hydrogen-bond acceptors (Lipinski definition) is 3. The average Bonchev–Trinajstić information content (AvgIpc) is 3.10. The lowest BCUT2D eigenvalue weighted by molar-refractivity contribution is -0.137. The van der Waals surface area contributed by atoms with E-state index in [-0.39, 0.29) is 24.2 Å². The van der Waals surface area contributed by atoms with Gasteiger partial charge in [0.1, 0.15) is 5.82 Å². The van der Waals surface area contributed by atoms with Crippen molar-refractivity contribution in [3.05, 3.63) is 71.2 Å². The molecule has 4 rings (SSSR count). The standard InChI is InChI=1S/C22H22FN3O3/c23-14-7-5-13(6-8-14)12-24-22(29)19-11-16-15-3-1-2-4-17(15)26-21(16)18(25-19)9-10-20(27)28/h1-8,18-19,25-26H,9-12H2,(H,24,29)(H,27,28)/t18-,19-/m0/s1. The second-order valence-corrected chi connectivity index (χ2v) is 7.32. The predicted octanol–water partition coefficient (Wildman–Crippen LogP) is 3.04. The molecule has 0 aliphatic carbocycles. The van der Waals surface area contributed by atoms with Crippen LogP contribution < -0.4 is 10.6 Å². The zero-order valence-corrected chi connectivity index (χ0v) is 15.7. The van der Waals surface area contributed by atoms with Crippen LogP contribution >= 0.6 is 0 Å². The molecular weight excluding hydrogens is 373 g/mol. The molecule has 0 bridgehead atoms. The Hall–Kier alpha value is -3.19. The Bertz CT molecular complexity index is 1050. The van der Waals surface area contributed by atoms with Crippen LogP contribution in [0.25, 0.3) is 10.9 Å². The first-order valence-corrected chi connectivity index (χ1v) is 9.60. The second-order valence-electron chi connectivity index (χ2n) is 7.32. The highest BCUT2D eigenvalue weighted by molar-refractivity contribution is 5.88. The van der Waals surface area contributed by atoms with Crippen molar-refractivity contribution < 1.29 is 19.1 Å². The van der Waals surface area contributed by atoms with Crippen molar-refractivity contribution in [1.82, 2.24) is 15.6 Å². The number of benzene rings is 2. The third kappa shape index (κ3) is 4.14. The van der Waals surface area contributed by atoms with Gasteiger partial charge >= 0.3 is 5.97 Å². The fraction of sp³-hybridized carbons (Fsp3) is 0.273. The molecule has 150 valence electrons. The summed E-state index contributed by atoms with van der Waals surface area (Å²) in [5.41, 5.74) is 3.80. The number of halogens is 1. The van der Waals surface area contributed by atoms with Crippen molar-refractivity contribution in [1.29, 1.82) is 0 Å². The van der Waals surface area contributed by atoms with Crippen LogP contribution in [-0.4, -0.2) is 28.0 Å². The molecule has 0 spiro atoms. The van der Waals surface area contributed by atoms with Gasteiger partial charge in [-0.3, -0.25) is 14.9 Å². The van der Waals surface area contributed by atoms with Crippen molar-refractivity contribution >= 4 is 22.8 Å². The topological polar surface area (TPSA) is 94.2 Å². The van der Waals surface area contributed by atoms with Gasteiger partial charge in [-0.05, 0) is 42.2 Å². The zero-order valence-electron chi connectivity index (χ0n) is 15.7. The van der Waals surface area contributed by atoms with Crippen LogP contribution in [0.2, 0.25) is 0 Å². The summed E-state index contributed by atoms with van der Waals surface area (Å²) in [7, 11) is 0. The number of carbonyl (C=O) groups is 2. The number of amides is 1. The Labute approximate surface area is 167 Å². The number of aromatic amines is 1. The molecule has 0 fully saturated rings. The highest BCUT2D eigenvalue weighted by atomic mass is 19.1. The van der Waals surface area contributed by atoms with E-state index < -0.39 is 12.0 Å². The van der Waals surface area contributed by atoms with Gasteiger partial charge in [0.05, 0.1) is 6.04 Å². The Balaban J connectivity index is 1.54. The SMILES string of the molecule is O=C(O)CC[C@@H]1N[C@H](C(=O)NCc2ccc(F)cc2)Cc2c1[nH]c1ccccc21. The first-order valence-electron chi connectivity index (χ1n) is 9.60. The molecule has 6 nitrogen and oxygen atoms in total. The number of aliphatic carboxylic acids is 1. The van der Waals surface area contributed by atoms with Crippen LogP contribution in [0.3, 0.4) is 0 Å². The fourth-order valence-corrected chi connectivity index (χ4v) is 3.91. The molecule has 0 saturated carbocycles. The quantitative estimate of drug-likeness (QED) is 0.516. The summed E-state index contributed by atoms with van der Waals surface area (Å²) in [6.07, 6.45) is 0.908. The number of fused-ring (bicyclic) bond motifs is 3. The van der Waals surface area contributed by atoms with Crippen molar-refractivity contribution in [3.63, 3.8) is 0 Å². The normalized spacial score (nSPS) is 18.4. The van der Waals surface area contributed by atoms with Gasteiger partial charge in [0.25, 0.3) is 0 Å². The fourth-order valence-electron chi connectivity index (χ4n) is 3.91. The minimum Gasteiger partial charge on any atom is -0.481 e. The van der Waals surface area contributed by atoms with Gasteiger partial charge in [0.15, 0.2) is 0 Å². The molecule has 3 aromatic rings. The number of H-pyrrole nitrogens is 1. The van der Waals surface area contributed by atoms with Crippen LogP contribution in [0.15, 0.2) is 48.5 Å². The van der Waals surface area contributed by atoms with E-state index >= 15 is 0 Å². The van der Waals surface area contributed by atoms with Gasteiger partial charge < -0.3 is 15.4 Å². The number of aromatic nitrogens is 1. The first-order chi connectivity index (χ1) is 14.0. The number of hydrogen-bond donors (Lipinski definition) is 4. The third-order valence-corrected chi connectivity index (χ3v) is 5.35. The van der Waals surface area contributed by atoms with E-state index in [0.29, 0.717) is 19.4 Å². The Kier molecular flexibility index (Phi) is 5.31. The molecule has 0 saturated heterocycles. The summed E-state index contributed by atoms with van der Waals surface area (Å²) in [6, 6.07) is 13.2. The molecule has 1 aliphatic rings. The smallest absolute Gasteiger partial charge is 0.303 e. The van der Waals surface area contributed by atoms with E-state index in [0.717, 1.165) is 27.7 Å². The van der Waals surface area contributed by atoms with Gasteiger partial charge in [-0.25, -0.2) is 4.39 Å². The van der Waals surface area contributed by atoms with Crippen LogP contribution in [0, 0.1) is 5.82 Å². The summed E-state index contributed by atoms with van der Waals surface area (Å²) in [5.74, 6) is -1.35. The minimum atomic E-state index is -0.868. The largest absolute Gasteiger partial charge is 0.481 e. The van der Waals surface area contributed by atoms with Gasteiger partial charge in [-0.2, -0.15) is 0 Å². The lowest BCUT2D eigenvalue weighted by atomic mass is 9.91. The van der Waals surface area contributed by atoms with E-state index in [9.17, 15) is 14.0 Å².